The van der Waals surface area contributed by atoms with Gasteiger partial charge in [-0.25, -0.2) is 9.97 Å². The normalized spacial score (nSPS) is 14.9. The van der Waals surface area contributed by atoms with E-state index in [-0.39, 0.29) is 5.92 Å². The number of hydrogen-bond donors (Lipinski definition) is 0. The summed E-state index contributed by atoms with van der Waals surface area (Å²) in [7, 11) is 0. The molecule has 3 heterocycles. The summed E-state index contributed by atoms with van der Waals surface area (Å²) in [5, 5.41) is 8.43. The minimum Gasteiger partial charge on any atom is -0.309 e. The van der Waals surface area contributed by atoms with Gasteiger partial charge < -0.3 is 4.57 Å². The van der Waals surface area contributed by atoms with Crippen molar-refractivity contribution < 1.29 is 0 Å². The van der Waals surface area contributed by atoms with Crippen molar-refractivity contribution in [2.45, 2.75) is 12.3 Å². The molecule has 46 heavy (non-hydrogen) atoms. The van der Waals surface area contributed by atoms with Gasteiger partial charge in [0.15, 0.2) is 0 Å². The third-order valence-electron chi connectivity index (χ3n) is 9.60. The summed E-state index contributed by atoms with van der Waals surface area (Å²) in [6, 6.07) is 45.7. The molecule has 0 fully saturated rings. The Bertz CT molecular complexity index is 2730. The van der Waals surface area contributed by atoms with Crippen LogP contribution in [-0.4, -0.2) is 19.1 Å². The Morgan fingerprint density at radius 3 is 2.04 bits per heavy atom. The first kappa shape index (κ1) is 25.3. The number of fused-ring (bicyclic) bond motifs is 9. The monoisotopic (exact) mass is 588 g/mol. The van der Waals surface area contributed by atoms with Crippen molar-refractivity contribution in [3.63, 3.8) is 0 Å². The molecule has 0 aliphatic heterocycles. The molecular formula is C42H28N4. The van der Waals surface area contributed by atoms with Gasteiger partial charge in [0.2, 0.25) is 5.95 Å². The van der Waals surface area contributed by atoms with Crippen LogP contribution in [0, 0.1) is 0 Å². The summed E-state index contributed by atoms with van der Waals surface area (Å²) >= 11 is 0. The quantitative estimate of drug-likeness (QED) is 0.206. The van der Waals surface area contributed by atoms with Crippen molar-refractivity contribution in [3.05, 3.63) is 157 Å². The summed E-state index contributed by atoms with van der Waals surface area (Å²) in [5.41, 5.74) is 7.78. The van der Waals surface area contributed by atoms with Gasteiger partial charge in [0.1, 0.15) is 0 Å². The molecule has 0 saturated heterocycles. The number of benzene rings is 6. The predicted molar refractivity (Wildman–Crippen MR) is 191 cm³/mol. The highest BCUT2D eigenvalue weighted by molar-refractivity contribution is 6.29. The summed E-state index contributed by atoms with van der Waals surface area (Å²) in [4.78, 5) is 10.7. The first-order chi connectivity index (χ1) is 22.8. The molecule has 0 saturated carbocycles. The Morgan fingerprint density at radius 1 is 0.522 bits per heavy atom. The number of para-hydroxylation sites is 3. The molecule has 6 aromatic carbocycles. The van der Waals surface area contributed by atoms with E-state index in [0.29, 0.717) is 5.95 Å². The minimum atomic E-state index is 0.195. The zero-order chi connectivity index (χ0) is 30.2. The Kier molecular flexibility index (Phi) is 5.37. The number of nitrogens with zero attached hydrogens (tertiary/aromatic N) is 4. The van der Waals surface area contributed by atoms with Crippen molar-refractivity contribution in [2.75, 3.05) is 0 Å². The third kappa shape index (κ3) is 3.61. The van der Waals surface area contributed by atoms with Crippen LogP contribution in [0.25, 0.3) is 76.9 Å². The van der Waals surface area contributed by atoms with Gasteiger partial charge in [-0.1, -0.05) is 103 Å². The van der Waals surface area contributed by atoms with E-state index in [1.54, 1.807) is 0 Å². The molecule has 3 aromatic heterocycles. The van der Waals surface area contributed by atoms with Crippen molar-refractivity contribution in [1.82, 2.24) is 19.1 Å². The van der Waals surface area contributed by atoms with Gasteiger partial charge in [-0.05, 0) is 65.7 Å². The summed E-state index contributed by atoms with van der Waals surface area (Å²) in [6.45, 7) is 0. The Balaban J connectivity index is 1.39. The molecule has 4 nitrogen and oxygen atoms in total. The highest BCUT2D eigenvalue weighted by Gasteiger charge is 2.23. The molecular weight excluding hydrogens is 560 g/mol. The lowest BCUT2D eigenvalue weighted by atomic mass is 9.94. The van der Waals surface area contributed by atoms with Crippen LogP contribution in [0.5, 0.6) is 0 Å². The molecule has 9 aromatic rings. The smallest absolute Gasteiger partial charge is 0.235 e. The van der Waals surface area contributed by atoms with Gasteiger partial charge in [0.25, 0.3) is 0 Å². The van der Waals surface area contributed by atoms with E-state index < -0.39 is 0 Å². The van der Waals surface area contributed by atoms with E-state index >= 15 is 0 Å². The van der Waals surface area contributed by atoms with Gasteiger partial charge in [-0.2, -0.15) is 0 Å². The van der Waals surface area contributed by atoms with E-state index in [1.807, 2.05) is 0 Å². The van der Waals surface area contributed by atoms with Crippen LogP contribution >= 0.6 is 0 Å². The molecule has 1 atom stereocenters. The Labute approximate surface area is 265 Å². The number of allylic oxidation sites excluding steroid dienone is 4. The molecule has 1 unspecified atom stereocenters. The lowest BCUT2D eigenvalue weighted by Crippen LogP contribution is -2.08. The lowest BCUT2D eigenvalue weighted by molar-refractivity contribution is 0.810. The topological polar surface area (TPSA) is 35.6 Å². The Hall–Kier alpha value is -6.00. The van der Waals surface area contributed by atoms with Crippen molar-refractivity contribution in [1.29, 1.82) is 0 Å². The number of hydrogen-bond acceptors (Lipinski definition) is 2. The van der Waals surface area contributed by atoms with Crippen molar-refractivity contribution in [3.8, 4) is 11.6 Å². The largest absolute Gasteiger partial charge is 0.309 e. The summed E-state index contributed by atoms with van der Waals surface area (Å²) in [6.07, 6.45) is 9.67. The van der Waals surface area contributed by atoms with Crippen LogP contribution in [0.15, 0.2) is 152 Å². The molecule has 1 aliphatic carbocycles. The molecule has 0 spiro atoms. The van der Waals surface area contributed by atoms with Crippen LogP contribution in [0.4, 0.5) is 0 Å². The van der Waals surface area contributed by atoms with Crippen molar-refractivity contribution in [2.24, 2.45) is 0 Å². The number of aromatic nitrogens is 4. The van der Waals surface area contributed by atoms with Gasteiger partial charge in [-0.3, -0.25) is 4.57 Å². The minimum absolute atomic E-state index is 0.195. The maximum Gasteiger partial charge on any atom is 0.235 e. The first-order valence-corrected chi connectivity index (χ1v) is 15.9. The standard InChI is InChI=1S/C42H28N4/c1-3-13-27(14-4-1)41-31-19-9-11-21-34(31)43-42(44-41)46-37-24-23-36-39(40(37)33-25-28-15-7-8-16-29(28)26-38(33)46)32-20-10-12-22-35(32)45(36)30-17-5-2-6-18-30/h1-13,15-27H,14H2. The molecule has 10 rings (SSSR count). The molecule has 0 amide bonds. The lowest BCUT2D eigenvalue weighted by Gasteiger charge is -2.17. The maximum atomic E-state index is 5.40. The Morgan fingerprint density at radius 2 is 1.22 bits per heavy atom. The van der Waals surface area contributed by atoms with Crippen molar-refractivity contribution >= 4 is 65.3 Å². The van der Waals surface area contributed by atoms with Gasteiger partial charge in [-0.15, -0.1) is 0 Å². The SMILES string of the molecule is C1=CCC(c2nc(-n3c4cc5ccccc5cc4c4c5c6ccccc6n(-c6ccccc6)c5ccc43)nc3ccccc23)C=C1. The fourth-order valence-electron chi connectivity index (χ4n) is 7.58. The average Bonchev–Trinajstić information content (AvgIpc) is 3.63. The summed E-state index contributed by atoms with van der Waals surface area (Å²) < 4.78 is 4.69. The molecule has 0 bridgehead atoms. The average molecular weight is 589 g/mol. The highest BCUT2D eigenvalue weighted by atomic mass is 15.2. The van der Waals surface area contributed by atoms with E-state index in [2.05, 4.69) is 161 Å². The van der Waals surface area contributed by atoms with Gasteiger partial charge in [0.05, 0.1) is 33.3 Å². The maximum absolute atomic E-state index is 5.40. The van der Waals surface area contributed by atoms with Crippen LogP contribution < -0.4 is 0 Å². The van der Waals surface area contributed by atoms with Gasteiger partial charge in [0, 0.05) is 38.5 Å². The van der Waals surface area contributed by atoms with E-state index in [0.717, 1.165) is 39.7 Å². The first-order valence-electron chi connectivity index (χ1n) is 15.9. The van der Waals surface area contributed by atoms with E-state index in [9.17, 15) is 0 Å². The third-order valence-corrected chi connectivity index (χ3v) is 9.60. The second kappa shape index (κ2) is 9.75. The van der Waals surface area contributed by atoms with E-state index in [4.69, 9.17) is 9.97 Å². The fourth-order valence-corrected chi connectivity index (χ4v) is 7.58. The highest BCUT2D eigenvalue weighted by Crippen LogP contribution is 2.43. The second-order valence-electron chi connectivity index (χ2n) is 12.2. The molecule has 216 valence electrons. The summed E-state index contributed by atoms with van der Waals surface area (Å²) in [5.74, 6) is 0.902. The van der Waals surface area contributed by atoms with Crippen LogP contribution in [0.1, 0.15) is 18.0 Å². The molecule has 1 aliphatic rings. The van der Waals surface area contributed by atoms with Crippen LogP contribution in [0.2, 0.25) is 0 Å². The fraction of sp³-hybridized carbons (Fsp3) is 0.0476. The molecule has 0 radical (unpaired) electrons. The van der Waals surface area contributed by atoms with E-state index in [1.165, 1.54) is 43.4 Å². The molecule has 0 N–H and O–H groups in total. The van der Waals surface area contributed by atoms with Gasteiger partial charge >= 0.3 is 0 Å². The number of rotatable bonds is 3. The zero-order valence-electron chi connectivity index (χ0n) is 25.0. The zero-order valence-corrected chi connectivity index (χ0v) is 25.0. The predicted octanol–water partition coefficient (Wildman–Crippen LogP) is 10.6. The second-order valence-corrected chi connectivity index (χ2v) is 12.2. The van der Waals surface area contributed by atoms with Crippen LogP contribution in [-0.2, 0) is 0 Å². The molecule has 4 heteroatoms. The van der Waals surface area contributed by atoms with Crippen LogP contribution in [0.3, 0.4) is 0 Å².